The van der Waals surface area contributed by atoms with Crippen LogP contribution in [0.3, 0.4) is 0 Å². The van der Waals surface area contributed by atoms with Gasteiger partial charge in [-0.1, -0.05) is 37.1 Å². The average molecular weight is 248 g/mol. The summed E-state index contributed by atoms with van der Waals surface area (Å²) < 4.78 is 0. The Morgan fingerprint density at radius 2 is 1.94 bits per heavy atom. The lowest BCUT2D eigenvalue weighted by molar-refractivity contribution is -0.116. The van der Waals surface area contributed by atoms with E-state index in [0.717, 1.165) is 30.5 Å². The topological polar surface area (TPSA) is 61.7 Å². The lowest BCUT2D eigenvalue weighted by atomic mass is 10.1. The van der Waals surface area contributed by atoms with Crippen LogP contribution in [0.5, 0.6) is 0 Å². The summed E-state index contributed by atoms with van der Waals surface area (Å²) in [5, 5.41) is 14.6. The molecule has 0 saturated heterocycles. The van der Waals surface area contributed by atoms with E-state index in [4.69, 9.17) is 5.21 Å². The molecule has 0 atom stereocenters. The summed E-state index contributed by atoms with van der Waals surface area (Å²) in [4.78, 5) is 11.6. The van der Waals surface area contributed by atoms with E-state index < -0.39 is 0 Å². The van der Waals surface area contributed by atoms with Crippen molar-refractivity contribution in [3.63, 3.8) is 0 Å². The number of benzene rings is 1. The summed E-state index contributed by atoms with van der Waals surface area (Å²) in [6.07, 6.45) is 3.68. The number of rotatable bonds is 6. The maximum Gasteiger partial charge on any atom is 0.224 e. The SMILES string of the molecule is CCCCCC(=O)Nc1ccc(/C(C)=N/O)cc1. The number of carbonyl (C=O) groups is 1. The Hall–Kier alpha value is -1.84. The summed E-state index contributed by atoms with van der Waals surface area (Å²) in [7, 11) is 0. The molecule has 0 aliphatic rings. The molecule has 0 aliphatic carbocycles. The molecule has 4 heteroatoms. The van der Waals surface area contributed by atoms with Crippen LogP contribution in [0.4, 0.5) is 5.69 Å². The predicted molar refractivity (Wildman–Crippen MR) is 73.2 cm³/mol. The smallest absolute Gasteiger partial charge is 0.224 e. The van der Waals surface area contributed by atoms with Gasteiger partial charge >= 0.3 is 0 Å². The minimum atomic E-state index is 0.0451. The fraction of sp³-hybridized carbons (Fsp3) is 0.429. The Morgan fingerprint density at radius 1 is 1.28 bits per heavy atom. The fourth-order valence-corrected chi connectivity index (χ4v) is 1.61. The minimum Gasteiger partial charge on any atom is -0.411 e. The molecule has 0 saturated carbocycles. The van der Waals surface area contributed by atoms with Gasteiger partial charge in [0.15, 0.2) is 0 Å². The van der Waals surface area contributed by atoms with Gasteiger partial charge < -0.3 is 10.5 Å². The van der Waals surface area contributed by atoms with Gasteiger partial charge in [-0.15, -0.1) is 0 Å². The second-order valence-corrected chi connectivity index (χ2v) is 4.27. The van der Waals surface area contributed by atoms with Crippen LogP contribution in [0, 0.1) is 0 Å². The van der Waals surface area contributed by atoms with Crippen molar-refractivity contribution in [3.8, 4) is 0 Å². The molecule has 0 bridgehead atoms. The van der Waals surface area contributed by atoms with E-state index in [1.54, 1.807) is 6.92 Å². The number of nitrogens with zero attached hydrogens (tertiary/aromatic N) is 1. The summed E-state index contributed by atoms with van der Waals surface area (Å²) >= 11 is 0. The lowest BCUT2D eigenvalue weighted by Crippen LogP contribution is -2.11. The van der Waals surface area contributed by atoms with Crippen LogP contribution >= 0.6 is 0 Å². The van der Waals surface area contributed by atoms with E-state index in [9.17, 15) is 4.79 Å². The maximum absolute atomic E-state index is 11.6. The molecule has 1 rings (SSSR count). The average Bonchev–Trinajstić information content (AvgIpc) is 2.39. The second-order valence-electron chi connectivity index (χ2n) is 4.27. The number of hydrogen-bond donors (Lipinski definition) is 2. The van der Waals surface area contributed by atoms with Crippen LogP contribution in [0.2, 0.25) is 0 Å². The van der Waals surface area contributed by atoms with Gasteiger partial charge in [0.25, 0.3) is 0 Å². The highest BCUT2D eigenvalue weighted by atomic mass is 16.4. The first kappa shape index (κ1) is 14.2. The number of anilines is 1. The van der Waals surface area contributed by atoms with Crippen molar-refractivity contribution in [2.24, 2.45) is 5.16 Å². The summed E-state index contributed by atoms with van der Waals surface area (Å²) in [6.45, 7) is 3.83. The third-order valence-electron chi connectivity index (χ3n) is 2.74. The Labute approximate surface area is 108 Å². The first-order valence-corrected chi connectivity index (χ1v) is 6.26. The van der Waals surface area contributed by atoms with Gasteiger partial charge in [-0.25, -0.2) is 0 Å². The van der Waals surface area contributed by atoms with Crippen LogP contribution in [0.1, 0.15) is 45.1 Å². The quantitative estimate of drug-likeness (QED) is 0.351. The Bertz CT molecular complexity index is 410. The molecular formula is C14H20N2O2. The molecule has 0 fully saturated rings. The monoisotopic (exact) mass is 248 g/mol. The van der Waals surface area contributed by atoms with Crippen LogP contribution in [0.15, 0.2) is 29.4 Å². The molecule has 1 aromatic carbocycles. The molecule has 0 aromatic heterocycles. The standard InChI is InChI=1S/C14H20N2O2/c1-3-4-5-6-14(17)15-13-9-7-12(8-10-13)11(2)16-18/h7-10,18H,3-6H2,1-2H3,(H,15,17)/b16-11+. The molecule has 18 heavy (non-hydrogen) atoms. The van der Waals surface area contributed by atoms with Crippen molar-refractivity contribution >= 4 is 17.3 Å². The molecule has 0 spiro atoms. The summed E-state index contributed by atoms with van der Waals surface area (Å²) in [6, 6.07) is 7.25. The predicted octanol–water partition coefficient (Wildman–Crippen LogP) is 3.40. The molecular weight excluding hydrogens is 228 g/mol. The molecule has 0 radical (unpaired) electrons. The van der Waals surface area contributed by atoms with E-state index in [1.165, 1.54) is 0 Å². The zero-order chi connectivity index (χ0) is 13.4. The molecule has 98 valence electrons. The van der Waals surface area contributed by atoms with Gasteiger partial charge in [-0.2, -0.15) is 0 Å². The summed E-state index contributed by atoms with van der Waals surface area (Å²) in [5.74, 6) is 0.0451. The van der Waals surface area contributed by atoms with Crippen LogP contribution in [0.25, 0.3) is 0 Å². The maximum atomic E-state index is 11.6. The first-order valence-electron chi connectivity index (χ1n) is 6.26. The van der Waals surface area contributed by atoms with Crippen molar-refractivity contribution in [1.82, 2.24) is 0 Å². The molecule has 0 heterocycles. The van der Waals surface area contributed by atoms with Gasteiger partial charge in [0.1, 0.15) is 0 Å². The van der Waals surface area contributed by atoms with Crippen molar-refractivity contribution in [2.75, 3.05) is 5.32 Å². The molecule has 1 aromatic rings. The van der Waals surface area contributed by atoms with Crippen LogP contribution in [-0.2, 0) is 4.79 Å². The first-order chi connectivity index (χ1) is 8.67. The number of amides is 1. The zero-order valence-corrected chi connectivity index (χ0v) is 10.9. The van der Waals surface area contributed by atoms with E-state index in [-0.39, 0.29) is 5.91 Å². The van der Waals surface area contributed by atoms with Gasteiger partial charge in [0.2, 0.25) is 5.91 Å². The second kappa shape index (κ2) is 7.48. The molecule has 1 amide bonds. The van der Waals surface area contributed by atoms with E-state index in [0.29, 0.717) is 12.1 Å². The number of unbranched alkanes of at least 4 members (excludes halogenated alkanes) is 2. The van der Waals surface area contributed by atoms with Crippen molar-refractivity contribution in [1.29, 1.82) is 0 Å². The minimum absolute atomic E-state index is 0.0451. The summed E-state index contributed by atoms with van der Waals surface area (Å²) in [5.41, 5.74) is 2.16. The van der Waals surface area contributed by atoms with Crippen LogP contribution in [-0.4, -0.2) is 16.8 Å². The van der Waals surface area contributed by atoms with Crippen molar-refractivity contribution < 1.29 is 10.0 Å². The number of oxime groups is 1. The Balaban J connectivity index is 2.51. The lowest BCUT2D eigenvalue weighted by Gasteiger charge is -2.06. The highest BCUT2D eigenvalue weighted by Gasteiger charge is 2.03. The van der Waals surface area contributed by atoms with E-state index in [1.807, 2.05) is 24.3 Å². The number of nitrogens with one attached hydrogen (secondary N) is 1. The fourth-order valence-electron chi connectivity index (χ4n) is 1.61. The molecule has 0 aliphatic heterocycles. The third kappa shape index (κ3) is 4.57. The zero-order valence-electron chi connectivity index (χ0n) is 10.9. The van der Waals surface area contributed by atoms with E-state index >= 15 is 0 Å². The molecule has 0 unspecified atom stereocenters. The molecule has 4 nitrogen and oxygen atoms in total. The number of hydrogen-bond acceptors (Lipinski definition) is 3. The normalized spacial score (nSPS) is 11.3. The van der Waals surface area contributed by atoms with Gasteiger partial charge in [-0.3, -0.25) is 4.79 Å². The third-order valence-corrected chi connectivity index (χ3v) is 2.74. The van der Waals surface area contributed by atoms with E-state index in [2.05, 4.69) is 17.4 Å². The Kier molecular flexibility index (Phi) is 5.91. The number of carbonyl (C=O) groups excluding carboxylic acids is 1. The largest absolute Gasteiger partial charge is 0.411 e. The van der Waals surface area contributed by atoms with Crippen LogP contribution < -0.4 is 5.32 Å². The van der Waals surface area contributed by atoms with Gasteiger partial charge in [0.05, 0.1) is 5.71 Å². The van der Waals surface area contributed by atoms with Gasteiger partial charge in [-0.05, 0) is 31.0 Å². The van der Waals surface area contributed by atoms with Crippen molar-refractivity contribution in [3.05, 3.63) is 29.8 Å². The van der Waals surface area contributed by atoms with Crippen molar-refractivity contribution in [2.45, 2.75) is 39.5 Å². The Morgan fingerprint density at radius 3 is 2.50 bits per heavy atom. The highest BCUT2D eigenvalue weighted by molar-refractivity contribution is 5.99. The molecule has 2 N–H and O–H groups in total. The van der Waals surface area contributed by atoms with Gasteiger partial charge in [0, 0.05) is 12.1 Å². The highest BCUT2D eigenvalue weighted by Crippen LogP contribution is 2.11.